The number of pyridine rings is 2. The van der Waals surface area contributed by atoms with Gasteiger partial charge in [0.25, 0.3) is 0 Å². The third-order valence-corrected chi connectivity index (χ3v) is 4.31. The van der Waals surface area contributed by atoms with Crippen LogP contribution in [0.4, 0.5) is 5.69 Å². The number of hydrogen-bond acceptors (Lipinski definition) is 4. The summed E-state index contributed by atoms with van der Waals surface area (Å²) in [5, 5.41) is 12.0. The number of hydrogen-bond donors (Lipinski definition) is 2. The van der Waals surface area contributed by atoms with Crippen molar-refractivity contribution < 1.29 is 5.11 Å². The molecule has 5 nitrogen and oxygen atoms in total. The number of nitrogen functional groups attached to an aromatic ring is 1. The second kappa shape index (κ2) is 5.53. The van der Waals surface area contributed by atoms with Gasteiger partial charge >= 0.3 is 0 Å². The number of nitrogens with zero attached hydrogens (tertiary/aromatic N) is 3. The fourth-order valence-electron chi connectivity index (χ4n) is 3.19. The zero-order valence-corrected chi connectivity index (χ0v) is 13.4. The molecular formula is C19H18N4O. The fraction of sp³-hybridized carbons (Fsp3) is 0.158. The normalized spacial score (nSPS) is 11.4. The lowest BCUT2D eigenvalue weighted by Crippen LogP contribution is -1.94. The number of anilines is 1. The first kappa shape index (κ1) is 14.5. The van der Waals surface area contributed by atoms with Gasteiger partial charge in [-0.05, 0) is 24.1 Å². The average Bonchev–Trinajstić information content (AvgIpc) is 2.92. The molecule has 0 aliphatic carbocycles. The zero-order valence-electron chi connectivity index (χ0n) is 13.4. The van der Waals surface area contributed by atoms with Gasteiger partial charge in [0.1, 0.15) is 0 Å². The van der Waals surface area contributed by atoms with E-state index >= 15 is 0 Å². The van der Waals surface area contributed by atoms with Crippen LogP contribution in [0.1, 0.15) is 13.3 Å². The van der Waals surface area contributed by atoms with Gasteiger partial charge in [-0.2, -0.15) is 0 Å². The van der Waals surface area contributed by atoms with Crippen LogP contribution in [0.25, 0.3) is 32.9 Å². The van der Waals surface area contributed by atoms with E-state index in [1.807, 2.05) is 36.5 Å². The second-order valence-corrected chi connectivity index (χ2v) is 5.87. The Hall–Kier alpha value is -3.08. The largest absolute Gasteiger partial charge is 0.494 e. The minimum atomic E-state index is 0.188. The van der Waals surface area contributed by atoms with Crippen LogP contribution < -0.4 is 5.73 Å². The summed E-state index contributed by atoms with van der Waals surface area (Å²) in [7, 11) is 0. The van der Waals surface area contributed by atoms with Crippen molar-refractivity contribution in [1.29, 1.82) is 0 Å². The number of aryl methyl sites for hydroxylation is 1. The summed E-state index contributed by atoms with van der Waals surface area (Å²) in [5.41, 5.74) is 10.6. The molecule has 0 amide bonds. The van der Waals surface area contributed by atoms with Crippen LogP contribution in [0.5, 0.6) is 5.88 Å². The highest BCUT2D eigenvalue weighted by atomic mass is 16.3. The number of aromatic nitrogens is 3. The molecule has 4 aromatic rings. The molecule has 0 saturated heterocycles. The van der Waals surface area contributed by atoms with E-state index in [0.717, 1.165) is 35.0 Å². The summed E-state index contributed by atoms with van der Waals surface area (Å²) in [6, 6.07) is 9.84. The lowest BCUT2D eigenvalue weighted by molar-refractivity contribution is 0.421. The van der Waals surface area contributed by atoms with Gasteiger partial charge in [-0.1, -0.05) is 25.1 Å². The molecule has 0 fully saturated rings. The quantitative estimate of drug-likeness (QED) is 0.599. The van der Waals surface area contributed by atoms with E-state index < -0.39 is 0 Å². The lowest BCUT2D eigenvalue weighted by Gasteiger charge is -2.09. The van der Waals surface area contributed by atoms with Crippen LogP contribution in [0.2, 0.25) is 0 Å². The fourth-order valence-corrected chi connectivity index (χ4v) is 3.19. The van der Waals surface area contributed by atoms with Gasteiger partial charge in [0.05, 0.1) is 22.1 Å². The molecule has 0 bridgehead atoms. The van der Waals surface area contributed by atoms with Crippen molar-refractivity contribution in [2.45, 2.75) is 19.9 Å². The maximum Gasteiger partial charge on any atom is 0.202 e. The van der Waals surface area contributed by atoms with Gasteiger partial charge in [-0.15, -0.1) is 0 Å². The van der Waals surface area contributed by atoms with E-state index in [1.54, 1.807) is 17.0 Å². The molecule has 120 valence electrons. The van der Waals surface area contributed by atoms with E-state index in [9.17, 15) is 5.11 Å². The smallest absolute Gasteiger partial charge is 0.202 e. The Bertz CT molecular complexity index is 1040. The Morgan fingerprint density at radius 3 is 2.71 bits per heavy atom. The predicted molar refractivity (Wildman–Crippen MR) is 96.8 cm³/mol. The van der Waals surface area contributed by atoms with Gasteiger partial charge in [-0.25, -0.2) is 4.98 Å². The third-order valence-electron chi connectivity index (χ3n) is 4.31. The molecular weight excluding hydrogens is 300 g/mol. The molecule has 3 aromatic heterocycles. The Kier molecular flexibility index (Phi) is 3.34. The minimum Gasteiger partial charge on any atom is -0.494 e. The molecule has 3 N–H and O–H groups in total. The predicted octanol–water partition coefficient (Wildman–Crippen LogP) is 3.95. The topological polar surface area (TPSA) is 77.0 Å². The van der Waals surface area contributed by atoms with Crippen LogP contribution in [0.15, 0.2) is 48.9 Å². The zero-order chi connectivity index (χ0) is 16.7. The van der Waals surface area contributed by atoms with E-state index in [0.29, 0.717) is 16.6 Å². The summed E-state index contributed by atoms with van der Waals surface area (Å²) in [4.78, 5) is 8.87. The van der Waals surface area contributed by atoms with Crippen molar-refractivity contribution in [3.8, 4) is 17.0 Å². The Morgan fingerprint density at radius 1 is 1.17 bits per heavy atom. The Balaban J connectivity index is 2.07. The molecule has 0 aliphatic rings. The molecule has 1 aromatic carbocycles. The molecule has 0 unspecified atom stereocenters. The van der Waals surface area contributed by atoms with E-state index in [2.05, 4.69) is 11.9 Å². The maximum absolute atomic E-state index is 10.5. The summed E-state index contributed by atoms with van der Waals surface area (Å²) in [6.07, 6.45) is 6.32. The highest BCUT2D eigenvalue weighted by Crippen LogP contribution is 2.38. The van der Waals surface area contributed by atoms with Gasteiger partial charge < -0.3 is 15.4 Å². The maximum atomic E-state index is 10.5. The van der Waals surface area contributed by atoms with Crippen LogP contribution in [-0.2, 0) is 6.54 Å². The number of nitrogens with two attached hydrogens (primary N) is 1. The van der Waals surface area contributed by atoms with Crippen molar-refractivity contribution in [3.63, 3.8) is 0 Å². The Labute approximate surface area is 139 Å². The van der Waals surface area contributed by atoms with Crippen LogP contribution in [0.3, 0.4) is 0 Å². The SMILES string of the molecule is CCCn1cc2nc3c(-c4ccncc4)cccc3c(N)c2c1O. The van der Waals surface area contributed by atoms with Crippen molar-refractivity contribution in [2.75, 3.05) is 5.73 Å². The first-order chi connectivity index (χ1) is 11.7. The lowest BCUT2D eigenvalue weighted by atomic mass is 10.0. The summed E-state index contributed by atoms with van der Waals surface area (Å²) in [5.74, 6) is 0.188. The number of fused-ring (bicyclic) bond motifs is 2. The minimum absolute atomic E-state index is 0.188. The standard InChI is InChI=1S/C19H18N4O/c1-2-10-23-11-15-16(19(23)24)17(20)14-5-3-4-13(18(14)22-15)12-6-8-21-9-7-12/h3-9,11,24H,2,10,20H2,1H3. The van der Waals surface area contributed by atoms with E-state index in [1.165, 1.54) is 0 Å². The van der Waals surface area contributed by atoms with Gasteiger partial charge in [0.15, 0.2) is 0 Å². The number of aromatic hydroxyl groups is 1. The van der Waals surface area contributed by atoms with Crippen LogP contribution in [0, 0.1) is 0 Å². The molecule has 0 radical (unpaired) electrons. The number of rotatable bonds is 3. The molecule has 0 spiro atoms. The highest BCUT2D eigenvalue weighted by Gasteiger charge is 2.17. The molecule has 5 heteroatoms. The number of para-hydroxylation sites is 1. The number of benzene rings is 1. The monoisotopic (exact) mass is 318 g/mol. The van der Waals surface area contributed by atoms with Crippen LogP contribution in [-0.4, -0.2) is 19.6 Å². The molecule has 3 heterocycles. The van der Waals surface area contributed by atoms with Crippen molar-refractivity contribution in [2.24, 2.45) is 0 Å². The summed E-state index contributed by atoms with van der Waals surface area (Å²) in [6.45, 7) is 2.80. The summed E-state index contributed by atoms with van der Waals surface area (Å²) < 4.78 is 1.80. The molecule has 4 rings (SSSR count). The van der Waals surface area contributed by atoms with E-state index in [-0.39, 0.29) is 5.88 Å². The van der Waals surface area contributed by atoms with Gasteiger partial charge in [-0.3, -0.25) is 4.98 Å². The Morgan fingerprint density at radius 2 is 1.96 bits per heavy atom. The molecule has 24 heavy (non-hydrogen) atoms. The summed E-state index contributed by atoms with van der Waals surface area (Å²) >= 11 is 0. The third kappa shape index (κ3) is 2.09. The molecule has 0 saturated carbocycles. The first-order valence-electron chi connectivity index (χ1n) is 8.01. The van der Waals surface area contributed by atoms with Crippen molar-refractivity contribution in [1.82, 2.24) is 14.5 Å². The second-order valence-electron chi connectivity index (χ2n) is 5.87. The average molecular weight is 318 g/mol. The first-order valence-corrected chi connectivity index (χ1v) is 8.01. The molecule has 0 atom stereocenters. The van der Waals surface area contributed by atoms with Crippen molar-refractivity contribution in [3.05, 3.63) is 48.9 Å². The van der Waals surface area contributed by atoms with E-state index in [4.69, 9.17) is 10.7 Å². The van der Waals surface area contributed by atoms with Crippen LogP contribution >= 0.6 is 0 Å². The highest BCUT2D eigenvalue weighted by molar-refractivity contribution is 6.12. The molecule has 0 aliphatic heterocycles. The van der Waals surface area contributed by atoms with Crippen molar-refractivity contribution >= 4 is 27.5 Å². The van der Waals surface area contributed by atoms with Gasteiger partial charge in [0, 0.05) is 36.1 Å². The van der Waals surface area contributed by atoms with Gasteiger partial charge in [0.2, 0.25) is 5.88 Å².